The van der Waals surface area contributed by atoms with E-state index < -0.39 is 0 Å². The van der Waals surface area contributed by atoms with Crippen LogP contribution in [0.4, 0.5) is 0 Å². The first kappa shape index (κ1) is 13.8. The Morgan fingerprint density at radius 2 is 1.85 bits per heavy atom. The van der Waals surface area contributed by atoms with Crippen molar-refractivity contribution in [2.45, 2.75) is 6.92 Å². The van der Waals surface area contributed by atoms with Gasteiger partial charge in [-0.15, -0.1) is 0 Å². The number of nitrogens with one attached hydrogen (secondary N) is 1. The Kier molecular flexibility index (Phi) is 4.89. The van der Waals surface area contributed by atoms with Crippen LogP contribution in [0.5, 0.6) is 5.75 Å². The Morgan fingerprint density at radius 1 is 1.15 bits per heavy atom. The molecule has 0 aliphatic heterocycles. The average molecular weight is 268 g/mol. The van der Waals surface area contributed by atoms with Gasteiger partial charge in [-0.05, 0) is 48.9 Å². The first-order valence-electron chi connectivity index (χ1n) is 6.41. The summed E-state index contributed by atoms with van der Waals surface area (Å²) in [6, 6.07) is 16.4. The van der Waals surface area contributed by atoms with Gasteiger partial charge in [0.1, 0.15) is 5.75 Å². The molecule has 0 unspecified atom stereocenters. The minimum absolute atomic E-state index is 0.229. The van der Waals surface area contributed by atoms with E-state index in [0.29, 0.717) is 12.2 Å². The van der Waals surface area contributed by atoms with Gasteiger partial charge in [-0.25, -0.2) is 5.43 Å². The molecule has 20 heavy (non-hydrogen) atoms. The molecule has 0 aliphatic rings. The van der Waals surface area contributed by atoms with Crippen LogP contribution in [-0.2, 0) is 0 Å². The zero-order chi connectivity index (χ0) is 14.2. The molecule has 0 radical (unpaired) electrons. The van der Waals surface area contributed by atoms with Crippen molar-refractivity contribution in [3.63, 3.8) is 0 Å². The minimum Gasteiger partial charge on any atom is -0.494 e. The summed E-state index contributed by atoms with van der Waals surface area (Å²) in [5, 5.41) is 3.93. The van der Waals surface area contributed by atoms with Crippen LogP contribution in [0.3, 0.4) is 0 Å². The number of rotatable bonds is 5. The third-order valence-corrected chi connectivity index (χ3v) is 2.61. The molecule has 2 rings (SSSR count). The van der Waals surface area contributed by atoms with Crippen LogP contribution in [0.1, 0.15) is 22.8 Å². The maximum Gasteiger partial charge on any atom is 0.271 e. The van der Waals surface area contributed by atoms with E-state index in [1.807, 2.05) is 49.4 Å². The number of carbonyl (C=O) groups is 1. The summed E-state index contributed by atoms with van der Waals surface area (Å²) in [4.78, 5) is 11.7. The van der Waals surface area contributed by atoms with Crippen LogP contribution in [0.2, 0.25) is 0 Å². The van der Waals surface area contributed by atoms with E-state index in [9.17, 15) is 4.79 Å². The van der Waals surface area contributed by atoms with Crippen molar-refractivity contribution < 1.29 is 9.53 Å². The van der Waals surface area contributed by atoms with Crippen LogP contribution in [0, 0.1) is 0 Å². The summed E-state index contributed by atoms with van der Waals surface area (Å²) >= 11 is 0. The number of amides is 1. The SMILES string of the molecule is CCOc1ccc(C=NNC(=O)c2ccccc2)cc1. The lowest BCUT2D eigenvalue weighted by atomic mass is 10.2. The number of hydrogen-bond acceptors (Lipinski definition) is 3. The summed E-state index contributed by atoms with van der Waals surface area (Å²) in [6.07, 6.45) is 1.59. The molecule has 0 atom stereocenters. The van der Waals surface area contributed by atoms with Crippen molar-refractivity contribution in [3.8, 4) is 5.75 Å². The van der Waals surface area contributed by atoms with E-state index in [0.717, 1.165) is 11.3 Å². The number of hydrogen-bond donors (Lipinski definition) is 1. The zero-order valence-corrected chi connectivity index (χ0v) is 11.2. The Bertz CT molecular complexity index is 577. The number of benzene rings is 2. The van der Waals surface area contributed by atoms with Crippen molar-refractivity contribution in [2.75, 3.05) is 6.61 Å². The molecule has 1 N–H and O–H groups in total. The first-order valence-corrected chi connectivity index (χ1v) is 6.41. The van der Waals surface area contributed by atoms with Gasteiger partial charge < -0.3 is 4.74 Å². The Labute approximate surface area is 118 Å². The van der Waals surface area contributed by atoms with E-state index >= 15 is 0 Å². The van der Waals surface area contributed by atoms with Crippen LogP contribution in [0.25, 0.3) is 0 Å². The highest BCUT2D eigenvalue weighted by Crippen LogP contribution is 2.10. The normalized spacial score (nSPS) is 10.4. The molecular weight excluding hydrogens is 252 g/mol. The van der Waals surface area contributed by atoms with Crippen molar-refractivity contribution in [2.24, 2.45) is 5.10 Å². The highest BCUT2D eigenvalue weighted by atomic mass is 16.5. The molecule has 2 aromatic carbocycles. The fourth-order valence-corrected chi connectivity index (χ4v) is 1.64. The number of ether oxygens (including phenoxy) is 1. The third-order valence-electron chi connectivity index (χ3n) is 2.61. The lowest BCUT2D eigenvalue weighted by Gasteiger charge is -2.02. The maximum atomic E-state index is 11.7. The van der Waals surface area contributed by atoms with Gasteiger partial charge in [0.15, 0.2) is 0 Å². The van der Waals surface area contributed by atoms with Crippen molar-refractivity contribution in [3.05, 3.63) is 65.7 Å². The van der Waals surface area contributed by atoms with E-state index in [1.165, 1.54) is 0 Å². The van der Waals surface area contributed by atoms with Crippen LogP contribution in [0.15, 0.2) is 59.7 Å². The van der Waals surface area contributed by atoms with Crippen LogP contribution < -0.4 is 10.2 Å². The maximum absolute atomic E-state index is 11.7. The van der Waals surface area contributed by atoms with Gasteiger partial charge in [0.2, 0.25) is 0 Å². The van der Waals surface area contributed by atoms with Crippen molar-refractivity contribution in [1.29, 1.82) is 0 Å². The molecule has 0 aromatic heterocycles. The zero-order valence-electron chi connectivity index (χ0n) is 11.2. The second kappa shape index (κ2) is 7.09. The molecule has 2 aromatic rings. The molecule has 102 valence electrons. The van der Waals surface area contributed by atoms with Gasteiger partial charge in [0.05, 0.1) is 12.8 Å². The lowest BCUT2D eigenvalue weighted by Crippen LogP contribution is -2.17. The summed E-state index contributed by atoms with van der Waals surface area (Å²) in [7, 11) is 0. The molecule has 1 amide bonds. The quantitative estimate of drug-likeness (QED) is 0.669. The molecule has 4 nitrogen and oxygen atoms in total. The smallest absolute Gasteiger partial charge is 0.271 e. The van der Waals surface area contributed by atoms with Gasteiger partial charge >= 0.3 is 0 Å². The standard InChI is InChI=1S/C16H16N2O2/c1-2-20-15-10-8-13(9-11-15)12-17-18-16(19)14-6-4-3-5-7-14/h3-12H,2H2,1H3,(H,18,19). The van der Waals surface area contributed by atoms with E-state index in [-0.39, 0.29) is 5.91 Å². The fraction of sp³-hybridized carbons (Fsp3) is 0.125. The Balaban J connectivity index is 1.91. The summed E-state index contributed by atoms with van der Waals surface area (Å²) in [6.45, 7) is 2.58. The summed E-state index contributed by atoms with van der Waals surface area (Å²) < 4.78 is 5.35. The highest BCUT2D eigenvalue weighted by molar-refractivity contribution is 5.94. The fourth-order valence-electron chi connectivity index (χ4n) is 1.64. The molecule has 0 bridgehead atoms. The Morgan fingerprint density at radius 3 is 2.50 bits per heavy atom. The van der Waals surface area contributed by atoms with E-state index in [4.69, 9.17) is 4.74 Å². The average Bonchev–Trinajstić information content (AvgIpc) is 2.50. The van der Waals surface area contributed by atoms with Gasteiger partial charge in [-0.3, -0.25) is 4.79 Å². The number of hydrazone groups is 1. The highest BCUT2D eigenvalue weighted by Gasteiger charge is 2.01. The topological polar surface area (TPSA) is 50.7 Å². The molecule has 0 heterocycles. The number of nitrogens with zero attached hydrogens (tertiary/aromatic N) is 1. The molecule has 0 aliphatic carbocycles. The first-order chi connectivity index (χ1) is 9.79. The van der Waals surface area contributed by atoms with Crippen LogP contribution >= 0.6 is 0 Å². The molecule has 4 heteroatoms. The summed E-state index contributed by atoms with van der Waals surface area (Å²) in [5.41, 5.74) is 3.96. The van der Waals surface area contributed by atoms with Gasteiger partial charge in [-0.1, -0.05) is 18.2 Å². The third kappa shape index (κ3) is 3.95. The molecule has 0 saturated heterocycles. The minimum atomic E-state index is -0.229. The molecule has 0 fully saturated rings. The lowest BCUT2D eigenvalue weighted by molar-refractivity contribution is 0.0955. The van der Waals surface area contributed by atoms with Gasteiger partial charge in [-0.2, -0.15) is 5.10 Å². The van der Waals surface area contributed by atoms with Crippen molar-refractivity contribution in [1.82, 2.24) is 5.43 Å². The number of carbonyl (C=O) groups excluding carboxylic acids is 1. The predicted octanol–water partition coefficient (Wildman–Crippen LogP) is 2.85. The van der Waals surface area contributed by atoms with E-state index in [1.54, 1.807) is 18.3 Å². The monoisotopic (exact) mass is 268 g/mol. The Hall–Kier alpha value is -2.62. The van der Waals surface area contributed by atoms with E-state index in [2.05, 4.69) is 10.5 Å². The second-order valence-electron chi connectivity index (χ2n) is 4.07. The molecule has 0 spiro atoms. The largest absolute Gasteiger partial charge is 0.494 e. The van der Waals surface area contributed by atoms with Gasteiger partial charge in [0, 0.05) is 5.56 Å². The summed E-state index contributed by atoms with van der Waals surface area (Å²) in [5.74, 6) is 0.589. The predicted molar refractivity (Wildman–Crippen MR) is 79.1 cm³/mol. The van der Waals surface area contributed by atoms with Gasteiger partial charge in [0.25, 0.3) is 5.91 Å². The second-order valence-corrected chi connectivity index (χ2v) is 4.07. The van der Waals surface area contributed by atoms with Crippen molar-refractivity contribution >= 4 is 12.1 Å². The molecule has 0 saturated carbocycles. The molecular formula is C16H16N2O2. The van der Waals surface area contributed by atoms with Crippen LogP contribution in [-0.4, -0.2) is 18.7 Å².